The average molecular weight is 403 g/mol. The third-order valence-electron chi connectivity index (χ3n) is 5.36. The lowest BCUT2D eigenvalue weighted by Crippen LogP contribution is -2.35. The first kappa shape index (κ1) is 20.9. The first-order valence-electron chi connectivity index (χ1n) is 10.0. The van der Waals surface area contributed by atoms with Crippen LogP contribution >= 0.6 is 11.8 Å². The zero-order chi connectivity index (χ0) is 19.9. The topological polar surface area (TPSA) is 71.3 Å². The maximum Gasteiger partial charge on any atom is 0.254 e. The van der Waals surface area contributed by atoms with Gasteiger partial charge in [-0.05, 0) is 70.8 Å². The lowest BCUT2D eigenvalue weighted by Gasteiger charge is -2.30. The van der Waals surface area contributed by atoms with Crippen LogP contribution in [0.15, 0.2) is 27.9 Å². The fourth-order valence-electron chi connectivity index (χ4n) is 3.41. The van der Waals surface area contributed by atoms with Gasteiger partial charge in [0.05, 0.1) is 11.3 Å². The van der Waals surface area contributed by atoms with Gasteiger partial charge in [0, 0.05) is 24.1 Å². The van der Waals surface area contributed by atoms with E-state index < -0.39 is 0 Å². The number of amides is 1. The van der Waals surface area contributed by atoms with Crippen LogP contribution < -0.4 is 5.32 Å². The van der Waals surface area contributed by atoms with Crippen LogP contribution in [0.25, 0.3) is 0 Å². The molecule has 28 heavy (non-hydrogen) atoms. The van der Waals surface area contributed by atoms with Crippen LogP contribution in [0.4, 0.5) is 0 Å². The molecule has 0 spiro atoms. The number of aryl methyl sites for hydroxylation is 2. The smallest absolute Gasteiger partial charge is 0.254 e. The molecule has 0 aliphatic carbocycles. The number of carbonyl (C=O) groups is 1. The Labute approximate surface area is 171 Å². The maximum absolute atomic E-state index is 12.6. The summed E-state index contributed by atoms with van der Waals surface area (Å²) >= 11 is 1.54. The number of pyridine rings is 1. The van der Waals surface area contributed by atoms with Gasteiger partial charge in [0.25, 0.3) is 5.91 Å². The van der Waals surface area contributed by atoms with Gasteiger partial charge in [-0.2, -0.15) is 0 Å². The summed E-state index contributed by atoms with van der Waals surface area (Å²) in [7, 11) is 0. The fourth-order valence-corrected chi connectivity index (χ4v) is 4.56. The number of hydrogen-bond acceptors (Lipinski definition) is 6. The van der Waals surface area contributed by atoms with E-state index in [0.29, 0.717) is 17.9 Å². The van der Waals surface area contributed by atoms with Gasteiger partial charge in [-0.1, -0.05) is 12.1 Å². The number of piperidine rings is 1. The summed E-state index contributed by atoms with van der Waals surface area (Å²) in [6.07, 6.45) is 5.27. The van der Waals surface area contributed by atoms with E-state index in [-0.39, 0.29) is 5.91 Å². The molecule has 3 rings (SSSR count). The first-order valence-corrected chi connectivity index (χ1v) is 11.0. The number of thioether (sulfide) groups is 1. The van der Waals surface area contributed by atoms with Crippen molar-refractivity contribution in [3.05, 3.63) is 40.9 Å². The minimum absolute atomic E-state index is 0.0540. The van der Waals surface area contributed by atoms with Crippen LogP contribution in [-0.2, 0) is 5.75 Å². The van der Waals surface area contributed by atoms with E-state index in [9.17, 15) is 4.79 Å². The van der Waals surface area contributed by atoms with E-state index in [1.54, 1.807) is 18.0 Å². The molecule has 0 saturated carbocycles. The summed E-state index contributed by atoms with van der Waals surface area (Å²) in [6.45, 7) is 10.3. The van der Waals surface area contributed by atoms with Crippen LogP contribution in [0.3, 0.4) is 0 Å². The average Bonchev–Trinajstić information content (AvgIpc) is 3.02. The summed E-state index contributed by atoms with van der Waals surface area (Å²) < 4.78 is 5.22. The predicted octanol–water partition coefficient (Wildman–Crippen LogP) is 3.83. The van der Waals surface area contributed by atoms with E-state index in [4.69, 9.17) is 4.52 Å². The van der Waals surface area contributed by atoms with E-state index in [0.717, 1.165) is 40.9 Å². The molecule has 0 radical (unpaired) electrons. The maximum atomic E-state index is 12.6. The molecule has 1 N–H and O–H groups in total. The first-order chi connectivity index (χ1) is 13.5. The minimum Gasteiger partial charge on any atom is -0.361 e. The quantitative estimate of drug-likeness (QED) is 0.534. The van der Waals surface area contributed by atoms with Gasteiger partial charge in [0.2, 0.25) is 0 Å². The van der Waals surface area contributed by atoms with Gasteiger partial charge in [0.15, 0.2) is 0 Å². The molecule has 3 heterocycles. The van der Waals surface area contributed by atoms with Crippen molar-refractivity contribution in [3.63, 3.8) is 0 Å². The van der Waals surface area contributed by atoms with Crippen LogP contribution in [0.1, 0.15) is 53.6 Å². The molecule has 1 amide bonds. The zero-order valence-corrected chi connectivity index (χ0v) is 17.8. The van der Waals surface area contributed by atoms with E-state index in [1.165, 1.54) is 25.9 Å². The summed E-state index contributed by atoms with van der Waals surface area (Å²) in [5.41, 5.74) is 2.59. The van der Waals surface area contributed by atoms with Gasteiger partial charge in [0.1, 0.15) is 10.8 Å². The number of hydrogen-bond donors (Lipinski definition) is 1. The van der Waals surface area contributed by atoms with Crippen molar-refractivity contribution in [1.29, 1.82) is 0 Å². The number of likely N-dealkylation sites (tertiary alicyclic amines) is 1. The lowest BCUT2D eigenvalue weighted by atomic mass is 9.99. The normalized spacial score (nSPS) is 15.7. The van der Waals surface area contributed by atoms with Crippen LogP contribution in [0.5, 0.6) is 0 Å². The van der Waals surface area contributed by atoms with E-state index in [1.807, 2.05) is 26.0 Å². The highest BCUT2D eigenvalue weighted by Crippen LogP contribution is 2.27. The molecular weight excluding hydrogens is 372 g/mol. The Kier molecular flexibility index (Phi) is 7.50. The Bertz CT molecular complexity index is 765. The van der Waals surface area contributed by atoms with E-state index >= 15 is 0 Å². The fraction of sp³-hybridized carbons (Fsp3) is 0.571. The SMILES string of the molecule is Cc1noc(C)c1CSc1ncccc1C(=O)NCCCN1CCC(C)CC1. The molecule has 1 aliphatic heterocycles. The van der Waals surface area contributed by atoms with Crippen LogP contribution in [0, 0.1) is 19.8 Å². The van der Waals surface area contributed by atoms with E-state index in [2.05, 4.69) is 27.3 Å². The van der Waals surface area contributed by atoms with Gasteiger partial charge < -0.3 is 14.7 Å². The Morgan fingerprint density at radius 3 is 2.86 bits per heavy atom. The Hall–Kier alpha value is -1.86. The van der Waals surface area contributed by atoms with Crippen molar-refractivity contribution in [1.82, 2.24) is 20.4 Å². The zero-order valence-electron chi connectivity index (χ0n) is 17.0. The molecule has 152 valence electrons. The van der Waals surface area contributed by atoms with Gasteiger partial charge in [-0.15, -0.1) is 11.8 Å². The third-order valence-corrected chi connectivity index (χ3v) is 6.39. The van der Waals surface area contributed by atoms with Crippen molar-refractivity contribution in [2.75, 3.05) is 26.2 Å². The van der Waals surface area contributed by atoms with Gasteiger partial charge >= 0.3 is 0 Å². The number of nitrogens with one attached hydrogen (secondary N) is 1. The largest absolute Gasteiger partial charge is 0.361 e. The molecule has 0 bridgehead atoms. The van der Waals surface area contributed by atoms with Gasteiger partial charge in [-0.25, -0.2) is 4.98 Å². The second-order valence-corrected chi connectivity index (χ2v) is 8.55. The lowest BCUT2D eigenvalue weighted by molar-refractivity contribution is 0.0947. The van der Waals surface area contributed by atoms with Crippen LogP contribution in [-0.4, -0.2) is 47.1 Å². The van der Waals surface area contributed by atoms with Crippen molar-refractivity contribution < 1.29 is 9.32 Å². The number of rotatable bonds is 8. The Morgan fingerprint density at radius 1 is 1.36 bits per heavy atom. The highest BCUT2D eigenvalue weighted by molar-refractivity contribution is 7.98. The highest BCUT2D eigenvalue weighted by atomic mass is 32.2. The summed E-state index contributed by atoms with van der Waals surface area (Å²) in [5.74, 6) is 2.30. The Balaban J connectivity index is 1.48. The van der Waals surface area contributed by atoms with Crippen molar-refractivity contribution in [2.45, 2.75) is 50.8 Å². The highest BCUT2D eigenvalue weighted by Gasteiger charge is 2.17. The molecule has 2 aromatic rings. The standard InChI is InChI=1S/C21H30N4O2S/c1-15-7-12-25(13-8-15)11-5-10-22-20(26)18-6-4-9-23-21(18)28-14-19-16(2)24-27-17(19)3/h4,6,9,15H,5,7-8,10-14H2,1-3H3,(H,22,26). The third kappa shape index (κ3) is 5.58. The predicted molar refractivity (Wildman–Crippen MR) is 112 cm³/mol. The second-order valence-electron chi connectivity index (χ2n) is 7.58. The Morgan fingerprint density at radius 2 is 2.14 bits per heavy atom. The molecule has 0 atom stereocenters. The number of carbonyl (C=O) groups excluding carboxylic acids is 1. The molecule has 0 unspecified atom stereocenters. The molecule has 1 aliphatic rings. The second kappa shape index (κ2) is 10.1. The molecule has 1 saturated heterocycles. The number of nitrogens with zero attached hydrogens (tertiary/aromatic N) is 3. The summed E-state index contributed by atoms with van der Waals surface area (Å²) in [5, 5.41) is 7.78. The minimum atomic E-state index is -0.0540. The molecule has 2 aromatic heterocycles. The molecule has 1 fully saturated rings. The monoisotopic (exact) mass is 402 g/mol. The summed E-state index contributed by atoms with van der Waals surface area (Å²) in [4.78, 5) is 19.6. The molecule has 0 aromatic carbocycles. The molecule has 7 heteroatoms. The molecule has 6 nitrogen and oxygen atoms in total. The van der Waals surface area contributed by atoms with Crippen molar-refractivity contribution >= 4 is 17.7 Å². The van der Waals surface area contributed by atoms with Gasteiger partial charge in [-0.3, -0.25) is 4.79 Å². The van der Waals surface area contributed by atoms with Crippen molar-refractivity contribution in [2.24, 2.45) is 5.92 Å². The number of aromatic nitrogens is 2. The summed E-state index contributed by atoms with van der Waals surface area (Å²) in [6, 6.07) is 3.65. The van der Waals surface area contributed by atoms with Crippen molar-refractivity contribution in [3.8, 4) is 0 Å². The van der Waals surface area contributed by atoms with Crippen LogP contribution in [0.2, 0.25) is 0 Å². The molecular formula is C21H30N4O2S.